The van der Waals surface area contributed by atoms with Crippen molar-refractivity contribution >= 4 is 5.95 Å². The van der Waals surface area contributed by atoms with Gasteiger partial charge in [0.05, 0.1) is 0 Å². The lowest BCUT2D eigenvalue weighted by molar-refractivity contribution is 0.279. The van der Waals surface area contributed by atoms with E-state index < -0.39 is 0 Å². The van der Waals surface area contributed by atoms with E-state index in [4.69, 9.17) is 0 Å². The Balaban J connectivity index is 2.77. The minimum absolute atomic E-state index is 0.202. The quantitative estimate of drug-likeness (QED) is 0.828. The summed E-state index contributed by atoms with van der Waals surface area (Å²) in [5, 5.41) is 3.40. The van der Waals surface area contributed by atoms with Crippen molar-refractivity contribution in [2.24, 2.45) is 11.3 Å². The van der Waals surface area contributed by atoms with E-state index in [2.05, 4.69) is 49.9 Å². The minimum atomic E-state index is 0.202. The first kappa shape index (κ1) is 12.0. The van der Waals surface area contributed by atoms with E-state index in [0.29, 0.717) is 17.9 Å². The van der Waals surface area contributed by atoms with Gasteiger partial charge in [0.1, 0.15) is 0 Å². The van der Waals surface area contributed by atoms with Gasteiger partial charge >= 0.3 is 0 Å². The van der Waals surface area contributed by atoms with Gasteiger partial charge < -0.3 is 5.32 Å². The molecule has 0 radical (unpaired) electrons. The van der Waals surface area contributed by atoms with Crippen molar-refractivity contribution in [2.45, 2.75) is 40.7 Å². The molecule has 1 N–H and O–H groups in total. The average Bonchev–Trinajstić information content (AvgIpc) is 2.13. The van der Waals surface area contributed by atoms with Gasteiger partial charge in [0.15, 0.2) is 0 Å². The van der Waals surface area contributed by atoms with Crippen molar-refractivity contribution in [3.05, 3.63) is 18.5 Å². The summed E-state index contributed by atoms with van der Waals surface area (Å²) in [6.45, 7) is 11.1. The molecule has 0 saturated carbocycles. The zero-order valence-electron chi connectivity index (χ0n) is 10.3. The molecular formula is C12H21N3. The Morgan fingerprint density at radius 1 is 1.13 bits per heavy atom. The fourth-order valence-corrected chi connectivity index (χ4v) is 1.90. The summed E-state index contributed by atoms with van der Waals surface area (Å²) >= 11 is 0. The monoisotopic (exact) mass is 207 g/mol. The molecular weight excluding hydrogens is 186 g/mol. The molecule has 1 rings (SSSR count). The maximum absolute atomic E-state index is 4.19. The van der Waals surface area contributed by atoms with Gasteiger partial charge in [-0.15, -0.1) is 0 Å². The Labute approximate surface area is 92.3 Å². The summed E-state index contributed by atoms with van der Waals surface area (Å²) in [4.78, 5) is 8.38. The first-order valence-electron chi connectivity index (χ1n) is 5.45. The van der Waals surface area contributed by atoms with Gasteiger partial charge in [-0.3, -0.25) is 0 Å². The normalized spacial score (nSPS) is 14.0. The average molecular weight is 207 g/mol. The van der Waals surface area contributed by atoms with E-state index in [-0.39, 0.29) is 5.41 Å². The predicted octanol–water partition coefficient (Wildman–Crippen LogP) is 2.96. The lowest BCUT2D eigenvalue weighted by Gasteiger charge is -2.34. The summed E-state index contributed by atoms with van der Waals surface area (Å²) in [7, 11) is 0. The minimum Gasteiger partial charge on any atom is -0.351 e. The zero-order valence-corrected chi connectivity index (χ0v) is 10.3. The van der Waals surface area contributed by atoms with Crippen molar-refractivity contribution in [1.82, 2.24) is 9.97 Å². The molecule has 0 bridgehead atoms. The highest BCUT2D eigenvalue weighted by molar-refractivity contribution is 5.25. The van der Waals surface area contributed by atoms with E-state index >= 15 is 0 Å². The van der Waals surface area contributed by atoms with Crippen LogP contribution in [0.15, 0.2) is 18.5 Å². The number of nitrogens with zero attached hydrogens (tertiary/aromatic N) is 2. The van der Waals surface area contributed by atoms with Crippen LogP contribution in [-0.4, -0.2) is 16.0 Å². The Morgan fingerprint density at radius 3 is 2.07 bits per heavy atom. The summed E-state index contributed by atoms with van der Waals surface area (Å²) in [6.07, 6.45) is 3.52. The molecule has 0 unspecified atom stereocenters. The van der Waals surface area contributed by atoms with Crippen molar-refractivity contribution < 1.29 is 0 Å². The largest absolute Gasteiger partial charge is 0.351 e. The fourth-order valence-electron chi connectivity index (χ4n) is 1.90. The maximum atomic E-state index is 4.19. The van der Waals surface area contributed by atoms with E-state index in [1.165, 1.54) is 0 Å². The van der Waals surface area contributed by atoms with E-state index in [9.17, 15) is 0 Å². The molecule has 84 valence electrons. The van der Waals surface area contributed by atoms with Gasteiger partial charge in [-0.25, -0.2) is 9.97 Å². The molecule has 3 heteroatoms. The maximum Gasteiger partial charge on any atom is 0.222 e. The Kier molecular flexibility index (Phi) is 3.66. The van der Waals surface area contributed by atoms with Gasteiger partial charge in [0.25, 0.3) is 0 Å². The van der Waals surface area contributed by atoms with Gasteiger partial charge in [-0.2, -0.15) is 0 Å². The van der Waals surface area contributed by atoms with Crippen LogP contribution in [0, 0.1) is 11.3 Å². The van der Waals surface area contributed by atoms with Gasteiger partial charge in [0.2, 0.25) is 5.95 Å². The molecule has 1 atom stereocenters. The second-order valence-corrected chi connectivity index (χ2v) is 5.30. The molecule has 0 amide bonds. The van der Waals surface area contributed by atoms with Crippen LogP contribution in [0.2, 0.25) is 0 Å². The van der Waals surface area contributed by atoms with Crippen molar-refractivity contribution in [2.75, 3.05) is 5.32 Å². The lowest BCUT2D eigenvalue weighted by atomic mass is 9.80. The topological polar surface area (TPSA) is 37.8 Å². The second kappa shape index (κ2) is 4.60. The van der Waals surface area contributed by atoms with Gasteiger partial charge in [-0.1, -0.05) is 34.6 Å². The van der Waals surface area contributed by atoms with Crippen LogP contribution in [0.1, 0.15) is 34.6 Å². The summed E-state index contributed by atoms with van der Waals surface area (Å²) in [5.41, 5.74) is 0.202. The van der Waals surface area contributed by atoms with Crippen LogP contribution in [0.25, 0.3) is 0 Å². The Hall–Kier alpha value is -1.12. The third-order valence-electron chi connectivity index (χ3n) is 2.45. The van der Waals surface area contributed by atoms with E-state index in [1.807, 2.05) is 6.07 Å². The van der Waals surface area contributed by atoms with Crippen LogP contribution in [-0.2, 0) is 0 Å². The molecule has 0 aliphatic rings. The van der Waals surface area contributed by atoms with Crippen molar-refractivity contribution in [3.63, 3.8) is 0 Å². The molecule has 1 heterocycles. The Bertz CT molecular complexity index is 287. The highest BCUT2D eigenvalue weighted by atomic mass is 15.1. The van der Waals surface area contributed by atoms with Crippen LogP contribution >= 0.6 is 0 Å². The zero-order chi connectivity index (χ0) is 11.5. The SMILES string of the molecule is CC(C)[C@H](Nc1ncccn1)C(C)(C)C. The van der Waals surface area contributed by atoms with Crippen molar-refractivity contribution in [3.8, 4) is 0 Å². The molecule has 3 nitrogen and oxygen atoms in total. The van der Waals surface area contributed by atoms with Crippen LogP contribution in [0.3, 0.4) is 0 Å². The predicted molar refractivity (Wildman–Crippen MR) is 63.7 cm³/mol. The van der Waals surface area contributed by atoms with Crippen LogP contribution in [0.4, 0.5) is 5.95 Å². The highest BCUT2D eigenvalue weighted by Crippen LogP contribution is 2.27. The summed E-state index contributed by atoms with van der Waals surface area (Å²) < 4.78 is 0. The molecule has 0 saturated heterocycles. The molecule has 1 aromatic rings. The smallest absolute Gasteiger partial charge is 0.222 e. The summed E-state index contributed by atoms with van der Waals surface area (Å²) in [5.74, 6) is 1.26. The van der Waals surface area contributed by atoms with Crippen LogP contribution in [0.5, 0.6) is 0 Å². The van der Waals surface area contributed by atoms with E-state index in [0.717, 1.165) is 0 Å². The fraction of sp³-hybridized carbons (Fsp3) is 0.667. The summed E-state index contributed by atoms with van der Waals surface area (Å²) in [6, 6.07) is 2.20. The molecule has 0 aliphatic carbocycles. The molecule has 1 aromatic heterocycles. The van der Waals surface area contributed by atoms with E-state index in [1.54, 1.807) is 12.4 Å². The highest BCUT2D eigenvalue weighted by Gasteiger charge is 2.27. The molecule has 15 heavy (non-hydrogen) atoms. The molecule has 0 aliphatic heterocycles. The number of hydrogen-bond acceptors (Lipinski definition) is 3. The standard InChI is InChI=1S/C12H21N3/c1-9(2)10(12(3,4)5)15-11-13-7-6-8-14-11/h6-10H,1-5H3,(H,13,14,15)/t10-/m0/s1. The van der Waals surface area contributed by atoms with Gasteiger partial charge in [-0.05, 0) is 17.4 Å². The van der Waals surface area contributed by atoms with Crippen LogP contribution < -0.4 is 5.32 Å². The molecule has 0 fully saturated rings. The molecule has 0 aromatic carbocycles. The first-order valence-corrected chi connectivity index (χ1v) is 5.45. The number of nitrogens with one attached hydrogen (secondary N) is 1. The first-order chi connectivity index (χ1) is 6.91. The van der Waals surface area contributed by atoms with Gasteiger partial charge in [0, 0.05) is 18.4 Å². The second-order valence-electron chi connectivity index (χ2n) is 5.30. The lowest BCUT2D eigenvalue weighted by Crippen LogP contribution is -2.38. The number of rotatable bonds is 3. The number of anilines is 1. The third kappa shape index (κ3) is 3.50. The third-order valence-corrected chi connectivity index (χ3v) is 2.45. The number of aromatic nitrogens is 2. The molecule has 0 spiro atoms. The Morgan fingerprint density at radius 2 is 1.67 bits per heavy atom. The van der Waals surface area contributed by atoms with Crippen molar-refractivity contribution in [1.29, 1.82) is 0 Å². The number of hydrogen-bond donors (Lipinski definition) is 1.